The number of phenols is 1. The molecule has 5 heteroatoms. The minimum Gasteiger partial charge on any atom is -0.508 e. The summed E-state index contributed by atoms with van der Waals surface area (Å²) in [6.45, 7) is 3.54. The molecule has 3 aromatic carbocycles. The first kappa shape index (κ1) is 19.7. The second-order valence-electron chi connectivity index (χ2n) is 7.61. The summed E-state index contributed by atoms with van der Waals surface area (Å²) in [6, 6.07) is 23.2. The first-order valence-electron chi connectivity index (χ1n) is 10.0. The number of amides is 2. The zero-order chi connectivity index (χ0) is 21.3. The summed E-state index contributed by atoms with van der Waals surface area (Å²) in [4.78, 5) is 29.5. The minimum atomic E-state index is -0.290. The van der Waals surface area contributed by atoms with E-state index in [0.29, 0.717) is 17.7 Å². The number of hydrogen-bond acceptors (Lipinski definition) is 3. The van der Waals surface area contributed by atoms with Gasteiger partial charge in [0.05, 0.1) is 6.04 Å². The van der Waals surface area contributed by atoms with E-state index in [2.05, 4.69) is 0 Å². The second kappa shape index (κ2) is 8.03. The number of nitrogens with zero attached hydrogens (tertiary/aromatic N) is 2. The quantitative estimate of drug-likeness (QED) is 0.678. The molecule has 0 bridgehead atoms. The number of aromatic hydroxyl groups is 1. The number of para-hydroxylation sites is 1. The zero-order valence-corrected chi connectivity index (χ0v) is 17.0. The van der Waals surface area contributed by atoms with Gasteiger partial charge >= 0.3 is 0 Å². The molecule has 1 N–H and O–H groups in total. The topological polar surface area (TPSA) is 60.9 Å². The smallest absolute Gasteiger partial charge is 0.258 e. The Balaban J connectivity index is 1.82. The van der Waals surface area contributed by atoms with Crippen LogP contribution in [-0.2, 0) is 4.79 Å². The van der Waals surface area contributed by atoms with Crippen LogP contribution in [0.15, 0.2) is 78.9 Å². The molecular weight excluding hydrogens is 376 g/mol. The van der Waals surface area contributed by atoms with E-state index in [1.807, 2.05) is 55.5 Å². The van der Waals surface area contributed by atoms with E-state index in [0.717, 1.165) is 11.3 Å². The maximum absolute atomic E-state index is 13.3. The Morgan fingerprint density at radius 3 is 2.23 bits per heavy atom. The van der Waals surface area contributed by atoms with Crippen LogP contribution in [0.2, 0.25) is 0 Å². The summed E-state index contributed by atoms with van der Waals surface area (Å²) in [5.41, 5.74) is 2.87. The van der Waals surface area contributed by atoms with Crippen LogP contribution in [0.3, 0.4) is 0 Å². The molecule has 2 amide bonds. The summed E-state index contributed by atoms with van der Waals surface area (Å²) in [7, 11) is 0. The highest BCUT2D eigenvalue weighted by Crippen LogP contribution is 2.44. The van der Waals surface area contributed by atoms with E-state index in [4.69, 9.17) is 0 Å². The monoisotopic (exact) mass is 400 g/mol. The SMILES string of the molecule is CC(=O)N(c1ccccc1)C1CC(C)N(C(=O)c2ccccc2)c2ccc(O)cc21. The van der Waals surface area contributed by atoms with Gasteiger partial charge in [-0.05, 0) is 55.8 Å². The number of rotatable bonds is 3. The molecule has 0 aliphatic carbocycles. The molecule has 152 valence electrons. The van der Waals surface area contributed by atoms with Crippen LogP contribution >= 0.6 is 0 Å². The number of fused-ring (bicyclic) bond motifs is 1. The summed E-state index contributed by atoms with van der Waals surface area (Å²) < 4.78 is 0. The number of carbonyl (C=O) groups excluding carboxylic acids is 2. The van der Waals surface area contributed by atoms with Crippen LogP contribution in [0.1, 0.15) is 42.2 Å². The van der Waals surface area contributed by atoms with Crippen molar-refractivity contribution < 1.29 is 14.7 Å². The largest absolute Gasteiger partial charge is 0.508 e. The van der Waals surface area contributed by atoms with Crippen molar-refractivity contribution in [2.45, 2.75) is 32.4 Å². The van der Waals surface area contributed by atoms with Crippen LogP contribution in [0, 0.1) is 0 Å². The number of hydrogen-bond donors (Lipinski definition) is 1. The Hall–Kier alpha value is -3.60. The Morgan fingerprint density at radius 2 is 1.60 bits per heavy atom. The number of benzene rings is 3. The summed E-state index contributed by atoms with van der Waals surface area (Å²) in [5, 5.41) is 10.2. The van der Waals surface area contributed by atoms with E-state index < -0.39 is 0 Å². The molecule has 4 rings (SSSR count). The predicted molar refractivity (Wildman–Crippen MR) is 118 cm³/mol. The first-order valence-corrected chi connectivity index (χ1v) is 10.0. The standard InChI is InChI=1S/C25H24N2O3/c1-17-15-24(27(18(2)28)20-11-7-4-8-12-20)22-16-21(29)13-14-23(22)26(17)25(30)19-9-5-3-6-10-19/h3-14,16-17,24,29H,15H2,1-2H3. The highest BCUT2D eigenvalue weighted by atomic mass is 16.3. The average molecular weight is 400 g/mol. The number of phenolic OH excluding ortho intramolecular Hbond substituents is 1. The molecule has 0 spiro atoms. The van der Waals surface area contributed by atoms with Crippen LogP contribution in [0.4, 0.5) is 11.4 Å². The molecule has 30 heavy (non-hydrogen) atoms. The fourth-order valence-electron chi connectivity index (χ4n) is 4.26. The predicted octanol–water partition coefficient (Wildman–Crippen LogP) is 4.93. The van der Waals surface area contributed by atoms with Gasteiger partial charge in [0.1, 0.15) is 5.75 Å². The van der Waals surface area contributed by atoms with Crippen molar-refractivity contribution in [3.8, 4) is 5.75 Å². The summed E-state index contributed by atoms with van der Waals surface area (Å²) >= 11 is 0. The van der Waals surface area contributed by atoms with Gasteiger partial charge in [-0.25, -0.2) is 0 Å². The van der Waals surface area contributed by atoms with Crippen molar-refractivity contribution in [2.24, 2.45) is 0 Å². The molecule has 5 nitrogen and oxygen atoms in total. The van der Waals surface area contributed by atoms with Crippen LogP contribution < -0.4 is 9.80 Å². The average Bonchev–Trinajstić information content (AvgIpc) is 2.75. The van der Waals surface area contributed by atoms with Crippen molar-refractivity contribution in [3.63, 3.8) is 0 Å². The molecule has 0 radical (unpaired) electrons. The molecule has 2 unspecified atom stereocenters. The Labute approximate surface area is 176 Å². The third-order valence-corrected chi connectivity index (χ3v) is 5.56. The second-order valence-corrected chi connectivity index (χ2v) is 7.61. The molecule has 0 saturated carbocycles. The van der Waals surface area contributed by atoms with Gasteiger partial charge in [0.2, 0.25) is 5.91 Å². The molecule has 1 heterocycles. The van der Waals surface area contributed by atoms with Gasteiger partial charge in [-0.1, -0.05) is 36.4 Å². The molecule has 0 saturated heterocycles. The van der Waals surface area contributed by atoms with Crippen molar-refractivity contribution in [1.29, 1.82) is 0 Å². The molecule has 0 aromatic heterocycles. The lowest BCUT2D eigenvalue weighted by molar-refractivity contribution is -0.117. The normalized spacial score (nSPS) is 17.9. The Kier molecular flexibility index (Phi) is 5.27. The van der Waals surface area contributed by atoms with Gasteiger partial charge in [-0.2, -0.15) is 0 Å². The maximum atomic E-state index is 13.3. The Bertz CT molecular complexity index is 1070. The van der Waals surface area contributed by atoms with Crippen LogP contribution in [0.25, 0.3) is 0 Å². The van der Waals surface area contributed by atoms with Crippen LogP contribution in [-0.4, -0.2) is 23.0 Å². The van der Waals surface area contributed by atoms with E-state index in [9.17, 15) is 14.7 Å². The molecule has 3 aromatic rings. The van der Waals surface area contributed by atoms with Crippen molar-refractivity contribution in [2.75, 3.05) is 9.80 Å². The number of anilines is 2. The fraction of sp³-hybridized carbons (Fsp3) is 0.200. The molecule has 2 atom stereocenters. The van der Waals surface area contributed by atoms with Crippen molar-refractivity contribution in [1.82, 2.24) is 0 Å². The summed E-state index contributed by atoms with van der Waals surface area (Å²) in [5.74, 6) is -0.0740. The van der Waals surface area contributed by atoms with Gasteiger partial charge in [-0.15, -0.1) is 0 Å². The lowest BCUT2D eigenvalue weighted by Gasteiger charge is -2.43. The lowest BCUT2D eigenvalue weighted by Crippen LogP contribution is -2.47. The van der Waals surface area contributed by atoms with E-state index >= 15 is 0 Å². The first-order chi connectivity index (χ1) is 14.5. The molecule has 1 aliphatic rings. The van der Waals surface area contributed by atoms with Gasteiger partial charge in [0.25, 0.3) is 5.91 Å². The third kappa shape index (κ3) is 3.54. The zero-order valence-electron chi connectivity index (χ0n) is 17.0. The van der Waals surface area contributed by atoms with E-state index in [-0.39, 0.29) is 29.6 Å². The van der Waals surface area contributed by atoms with Gasteiger partial charge < -0.3 is 14.9 Å². The molecule has 1 aliphatic heterocycles. The summed E-state index contributed by atoms with van der Waals surface area (Å²) in [6.07, 6.45) is 0.559. The fourth-order valence-corrected chi connectivity index (χ4v) is 4.26. The van der Waals surface area contributed by atoms with Crippen LogP contribution in [0.5, 0.6) is 5.75 Å². The lowest BCUT2D eigenvalue weighted by atomic mass is 9.89. The minimum absolute atomic E-state index is 0.0875. The highest BCUT2D eigenvalue weighted by molar-refractivity contribution is 6.07. The molecule has 0 fully saturated rings. The van der Waals surface area contributed by atoms with Gasteiger partial charge in [-0.3, -0.25) is 9.59 Å². The highest BCUT2D eigenvalue weighted by Gasteiger charge is 2.38. The van der Waals surface area contributed by atoms with Crippen molar-refractivity contribution >= 4 is 23.2 Å². The van der Waals surface area contributed by atoms with Crippen molar-refractivity contribution in [3.05, 3.63) is 90.0 Å². The number of carbonyl (C=O) groups is 2. The maximum Gasteiger partial charge on any atom is 0.258 e. The molecular formula is C25H24N2O3. The Morgan fingerprint density at radius 1 is 0.967 bits per heavy atom. The van der Waals surface area contributed by atoms with E-state index in [1.54, 1.807) is 47.1 Å². The van der Waals surface area contributed by atoms with Gasteiger partial charge in [0, 0.05) is 35.5 Å². The third-order valence-electron chi connectivity index (χ3n) is 5.56. The van der Waals surface area contributed by atoms with E-state index in [1.165, 1.54) is 0 Å². The van der Waals surface area contributed by atoms with Gasteiger partial charge in [0.15, 0.2) is 0 Å².